The molecule has 0 radical (unpaired) electrons. The van der Waals surface area contributed by atoms with Crippen LogP contribution >= 0.6 is 23.1 Å². The Kier molecular flexibility index (Phi) is 5.63. The Morgan fingerprint density at radius 2 is 1.94 bits per heavy atom. The van der Waals surface area contributed by atoms with E-state index in [1.54, 1.807) is 22.5 Å². The van der Waals surface area contributed by atoms with Crippen molar-refractivity contribution in [1.82, 2.24) is 9.55 Å². The van der Waals surface area contributed by atoms with E-state index in [0.29, 0.717) is 28.7 Å². The second-order valence-electron chi connectivity index (χ2n) is 9.50. The van der Waals surface area contributed by atoms with E-state index in [-0.39, 0.29) is 28.1 Å². The predicted octanol–water partition coefficient (Wildman–Crippen LogP) is 3.24. The van der Waals surface area contributed by atoms with Gasteiger partial charge in [-0.05, 0) is 72.9 Å². The number of sulfonamides is 1. The summed E-state index contributed by atoms with van der Waals surface area (Å²) in [6, 6.07) is 9.70. The summed E-state index contributed by atoms with van der Waals surface area (Å²) < 4.78 is 24.5. The van der Waals surface area contributed by atoms with Crippen LogP contribution in [0.5, 0.6) is 0 Å². The first-order valence-corrected chi connectivity index (χ1v) is 14.8. The number of fused-ring (bicyclic) bond motifs is 6. The predicted molar refractivity (Wildman–Crippen MR) is 135 cm³/mol. The summed E-state index contributed by atoms with van der Waals surface area (Å²) in [6.07, 6.45) is 7.42. The Morgan fingerprint density at radius 3 is 2.66 bits per heavy atom. The molecule has 6 rings (SSSR count). The van der Waals surface area contributed by atoms with Gasteiger partial charge >= 0.3 is 4.87 Å². The molecule has 2 aliphatic carbocycles. The van der Waals surface area contributed by atoms with Gasteiger partial charge < -0.3 is 5.32 Å². The summed E-state index contributed by atoms with van der Waals surface area (Å²) in [4.78, 5) is 31.2. The Hall–Kier alpha value is -2.47. The van der Waals surface area contributed by atoms with Gasteiger partial charge in [-0.1, -0.05) is 17.4 Å². The highest BCUT2D eigenvalue weighted by atomic mass is 32.2. The summed E-state index contributed by atoms with van der Waals surface area (Å²) in [5.41, 5.74) is 1.58. The van der Waals surface area contributed by atoms with Crippen LogP contribution in [-0.4, -0.2) is 29.1 Å². The quantitative estimate of drug-likeness (QED) is 0.524. The summed E-state index contributed by atoms with van der Waals surface area (Å²) in [5.74, 6) is 1.60. The second-order valence-corrected chi connectivity index (χ2v) is 13.2. The molecule has 182 valence electrons. The number of nitrogens with zero attached hydrogens (tertiary/aromatic N) is 2. The number of anilines is 1. The highest BCUT2D eigenvalue weighted by Crippen LogP contribution is 2.63. The van der Waals surface area contributed by atoms with Gasteiger partial charge in [-0.3, -0.25) is 19.1 Å². The molecule has 11 heteroatoms. The number of hydrogen-bond acceptors (Lipinski definition) is 7. The number of rotatable bonds is 5. The number of nitrogens with one attached hydrogen (secondary N) is 1. The average molecular weight is 529 g/mol. The minimum absolute atomic E-state index is 0.0307. The van der Waals surface area contributed by atoms with E-state index in [4.69, 9.17) is 5.14 Å². The zero-order valence-corrected chi connectivity index (χ0v) is 21.1. The van der Waals surface area contributed by atoms with Crippen LogP contribution in [-0.2, 0) is 21.4 Å². The van der Waals surface area contributed by atoms with Crippen molar-refractivity contribution in [3.05, 3.63) is 68.9 Å². The van der Waals surface area contributed by atoms with Crippen molar-refractivity contribution < 1.29 is 13.2 Å². The number of aromatic nitrogens is 2. The SMILES string of the molecule is NS(=O)(=O)c1ccc(NC(=O)Cn2c3c(sc2=O)[C@@H](c2cccnc2)[C@@H]2[C@H]4CC[C@@H](C4)[C@H]2S3)cc1. The fourth-order valence-corrected chi connectivity index (χ4v) is 9.76. The zero-order valence-electron chi connectivity index (χ0n) is 18.7. The molecule has 0 saturated heterocycles. The second kappa shape index (κ2) is 8.58. The van der Waals surface area contributed by atoms with Crippen molar-refractivity contribution in [2.75, 3.05) is 5.32 Å². The first-order chi connectivity index (χ1) is 16.8. The summed E-state index contributed by atoms with van der Waals surface area (Å²) in [6.45, 7) is -0.0974. The molecule has 2 fully saturated rings. The molecule has 35 heavy (non-hydrogen) atoms. The van der Waals surface area contributed by atoms with E-state index in [1.165, 1.54) is 54.9 Å². The summed E-state index contributed by atoms with van der Waals surface area (Å²) in [5, 5.41) is 9.24. The summed E-state index contributed by atoms with van der Waals surface area (Å²) >= 11 is 3.03. The van der Waals surface area contributed by atoms with Crippen LogP contribution in [0.3, 0.4) is 0 Å². The normalized spacial score (nSPS) is 26.8. The molecule has 1 aromatic carbocycles. The van der Waals surface area contributed by atoms with Crippen LogP contribution in [0.25, 0.3) is 0 Å². The Morgan fingerprint density at radius 1 is 1.17 bits per heavy atom. The van der Waals surface area contributed by atoms with Crippen molar-refractivity contribution >= 4 is 44.7 Å². The first-order valence-electron chi connectivity index (χ1n) is 11.5. The lowest BCUT2D eigenvalue weighted by atomic mass is 9.75. The number of amides is 1. The molecule has 8 nitrogen and oxygen atoms in total. The number of benzene rings is 1. The molecule has 1 aliphatic heterocycles. The first kappa shape index (κ1) is 23.0. The molecule has 5 atom stereocenters. The molecule has 2 saturated carbocycles. The standard InChI is InChI=1S/C24H24N4O4S3/c25-35(31,32)17-7-5-16(6-8-17)27-18(29)12-28-23-22(34-24(28)30)20(15-2-1-9-26-11-15)19-13-3-4-14(10-13)21(19)33-23/h1-2,5-9,11,13-14,19-21H,3-4,10,12H2,(H,27,29)(H2,25,31,32)/t13-,14-,19-,20-,21+/m0/s1. The lowest BCUT2D eigenvalue weighted by Crippen LogP contribution is -2.34. The average Bonchev–Trinajstić information content (AvgIpc) is 3.52. The number of thiazole rings is 1. The van der Waals surface area contributed by atoms with Crippen molar-refractivity contribution in [3.8, 4) is 0 Å². The lowest BCUT2D eigenvalue weighted by molar-refractivity contribution is -0.116. The highest BCUT2D eigenvalue weighted by Gasteiger charge is 2.55. The van der Waals surface area contributed by atoms with Gasteiger partial charge in [0.15, 0.2) is 0 Å². The van der Waals surface area contributed by atoms with Crippen molar-refractivity contribution in [2.45, 2.75) is 46.9 Å². The van der Waals surface area contributed by atoms with Gasteiger partial charge in [-0.15, -0.1) is 11.8 Å². The molecule has 1 amide bonds. The maximum atomic E-state index is 13.1. The lowest BCUT2D eigenvalue weighted by Gasteiger charge is -2.40. The van der Waals surface area contributed by atoms with Crippen LogP contribution < -0.4 is 15.3 Å². The maximum Gasteiger partial charge on any atom is 0.308 e. The third kappa shape index (κ3) is 4.04. The monoisotopic (exact) mass is 528 g/mol. The fourth-order valence-electron chi connectivity index (χ4n) is 6.09. The number of pyridine rings is 1. The van der Waals surface area contributed by atoms with E-state index in [2.05, 4.69) is 16.4 Å². The van der Waals surface area contributed by atoms with Gasteiger partial charge in [0.2, 0.25) is 15.9 Å². The van der Waals surface area contributed by atoms with Crippen LogP contribution in [0.2, 0.25) is 0 Å². The summed E-state index contributed by atoms with van der Waals surface area (Å²) in [7, 11) is -3.81. The number of hydrogen-bond donors (Lipinski definition) is 2. The molecule has 3 N–H and O–H groups in total. The number of carbonyl (C=O) groups excluding carboxylic acids is 1. The van der Waals surface area contributed by atoms with Crippen molar-refractivity contribution in [2.24, 2.45) is 22.9 Å². The Balaban J connectivity index is 1.30. The largest absolute Gasteiger partial charge is 0.325 e. The van der Waals surface area contributed by atoms with Crippen LogP contribution in [0.15, 0.2) is 63.5 Å². The molecule has 0 spiro atoms. The molecular weight excluding hydrogens is 504 g/mol. The van der Waals surface area contributed by atoms with Crippen LogP contribution in [0.1, 0.15) is 35.6 Å². The molecule has 0 unspecified atom stereocenters. The van der Waals surface area contributed by atoms with E-state index in [0.717, 1.165) is 15.5 Å². The van der Waals surface area contributed by atoms with E-state index in [9.17, 15) is 18.0 Å². The minimum Gasteiger partial charge on any atom is -0.325 e. The third-order valence-electron chi connectivity index (χ3n) is 7.50. The van der Waals surface area contributed by atoms with Crippen LogP contribution in [0, 0.1) is 17.8 Å². The molecule has 3 heterocycles. The fraction of sp³-hybridized carbons (Fsp3) is 0.375. The van der Waals surface area contributed by atoms with E-state index in [1.807, 2.05) is 12.3 Å². The highest BCUT2D eigenvalue weighted by molar-refractivity contribution is 8.00. The molecule has 3 aliphatic rings. The number of nitrogens with two attached hydrogens (primary N) is 1. The van der Waals surface area contributed by atoms with Crippen molar-refractivity contribution in [3.63, 3.8) is 0 Å². The maximum absolute atomic E-state index is 13.1. The molecule has 2 aromatic heterocycles. The third-order valence-corrected chi connectivity index (χ3v) is 11.3. The van der Waals surface area contributed by atoms with Gasteiger partial charge in [-0.25, -0.2) is 13.6 Å². The minimum atomic E-state index is -3.81. The Bertz CT molecular complexity index is 1450. The number of primary sulfonamides is 1. The van der Waals surface area contributed by atoms with Crippen LogP contribution in [0.4, 0.5) is 5.69 Å². The number of thioether (sulfide) groups is 1. The van der Waals surface area contributed by atoms with Gasteiger partial charge in [0.05, 0.1) is 9.92 Å². The zero-order chi connectivity index (χ0) is 24.3. The van der Waals surface area contributed by atoms with Gasteiger partial charge in [0, 0.05) is 34.1 Å². The molecular formula is C24H24N4O4S3. The topological polar surface area (TPSA) is 124 Å². The molecule has 3 aromatic rings. The van der Waals surface area contributed by atoms with Gasteiger partial charge in [0.25, 0.3) is 0 Å². The number of carbonyl (C=O) groups is 1. The smallest absolute Gasteiger partial charge is 0.308 e. The molecule has 2 bridgehead atoms. The van der Waals surface area contributed by atoms with Crippen molar-refractivity contribution in [1.29, 1.82) is 0 Å². The van der Waals surface area contributed by atoms with E-state index < -0.39 is 10.0 Å². The van der Waals surface area contributed by atoms with Gasteiger partial charge in [0.1, 0.15) is 6.54 Å². The van der Waals surface area contributed by atoms with E-state index >= 15 is 0 Å². The Labute approximate surface area is 211 Å². The van der Waals surface area contributed by atoms with Gasteiger partial charge in [-0.2, -0.15) is 0 Å².